The van der Waals surface area contributed by atoms with Crippen molar-refractivity contribution in [2.75, 3.05) is 11.9 Å². The number of carboxylic acid groups (broad SMARTS) is 1. The molecule has 0 bridgehead atoms. The molecular formula is C14H17FN2O3. The van der Waals surface area contributed by atoms with E-state index in [0.29, 0.717) is 6.42 Å². The summed E-state index contributed by atoms with van der Waals surface area (Å²) in [5.41, 5.74) is -0.123. The van der Waals surface area contributed by atoms with Crippen molar-refractivity contribution >= 4 is 17.6 Å². The molecule has 1 aliphatic rings. The molecule has 2 rings (SSSR count). The van der Waals surface area contributed by atoms with E-state index in [9.17, 15) is 14.0 Å². The van der Waals surface area contributed by atoms with Crippen LogP contribution in [0.2, 0.25) is 0 Å². The Hall–Kier alpha value is -1.95. The Morgan fingerprint density at radius 3 is 2.85 bits per heavy atom. The Morgan fingerprint density at radius 1 is 1.30 bits per heavy atom. The van der Waals surface area contributed by atoms with E-state index in [0.717, 1.165) is 44.0 Å². The smallest absolute Gasteiger partial charge is 0.337 e. The van der Waals surface area contributed by atoms with Crippen LogP contribution in [0.5, 0.6) is 0 Å². The fraction of sp³-hybridized carbons (Fsp3) is 0.429. The van der Waals surface area contributed by atoms with Gasteiger partial charge in [0.05, 0.1) is 17.3 Å². The van der Waals surface area contributed by atoms with Gasteiger partial charge in [0, 0.05) is 0 Å². The highest BCUT2D eigenvalue weighted by molar-refractivity contribution is 6.02. The van der Waals surface area contributed by atoms with Gasteiger partial charge in [0.2, 0.25) is 5.91 Å². The quantitative estimate of drug-likeness (QED) is 0.791. The molecule has 0 spiro atoms. The third-order valence-corrected chi connectivity index (χ3v) is 3.35. The molecule has 0 saturated carbocycles. The highest BCUT2D eigenvalue weighted by Gasteiger charge is 2.21. The molecule has 5 nitrogen and oxygen atoms in total. The van der Waals surface area contributed by atoms with Gasteiger partial charge in [-0.25, -0.2) is 9.18 Å². The van der Waals surface area contributed by atoms with Gasteiger partial charge in [0.1, 0.15) is 5.82 Å². The average Bonchev–Trinajstić information content (AvgIpc) is 2.67. The summed E-state index contributed by atoms with van der Waals surface area (Å²) in [6, 6.07) is 2.87. The minimum Gasteiger partial charge on any atom is -0.478 e. The molecule has 1 aliphatic heterocycles. The van der Waals surface area contributed by atoms with Crippen LogP contribution in [0, 0.1) is 5.82 Å². The van der Waals surface area contributed by atoms with Crippen LogP contribution in [0.25, 0.3) is 0 Å². The molecule has 1 heterocycles. The van der Waals surface area contributed by atoms with Crippen LogP contribution in [-0.4, -0.2) is 29.6 Å². The maximum Gasteiger partial charge on any atom is 0.337 e. The van der Waals surface area contributed by atoms with E-state index in [-0.39, 0.29) is 23.2 Å². The molecule has 1 amide bonds. The zero-order valence-electron chi connectivity index (χ0n) is 11.0. The fourth-order valence-electron chi connectivity index (χ4n) is 2.28. The Labute approximate surface area is 116 Å². The van der Waals surface area contributed by atoms with Gasteiger partial charge in [0.15, 0.2) is 0 Å². The zero-order valence-corrected chi connectivity index (χ0v) is 11.0. The van der Waals surface area contributed by atoms with Gasteiger partial charge in [-0.2, -0.15) is 0 Å². The molecule has 3 N–H and O–H groups in total. The van der Waals surface area contributed by atoms with Crippen molar-refractivity contribution in [3.63, 3.8) is 0 Å². The Morgan fingerprint density at radius 2 is 2.10 bits per heavy atom. The van der Waals surface area contributed by atoms with Gasteiger partial charge in [-0.05, 0) is 37.6 Å². The number of benzene rings is 1. The lowest BCUT2D eigenvalue weighted by atomic mass is 10.1. The van der Waals surface area contributed by atoms with E-state index in [4.69, 9.17) is 5.11 Å². The molecule has 1 aromatic rings. The number of amides is 1. The van der Waals surface area contributed by atoms with Crippen LogP contribution in [0.15, 0.2) is 18.2 Å². The summed E-state index contributed by atoms with van der Waals surface area (Å²) in [5.74, 6) is -2.10. The monoisotopic (exact) mass is 280 g/mol. The lowest BCUT2D eigenvalue weighted by Crippen LogP contribution is -2.40. The molecule has 0 aliphatic carbocycles. The first-order valence-electron chi connectivity index (χ1n) is 6.65. The third kappa shape index (κ3) is 3.54. The Balaban J connectivity index is 2.14. The third-order valence-electron chi connectivity index (χ3n) is 3.35. The highest BCUT2D eigenvalue weighted by Crippen LogP contribution is 2.18. The van der Waals surface area contributed by atoms with Gasteiger partial charge in [0.25, 0.3) is 0 Å². The molecular weight excluding hydrogens is 263 g/mol. The maximum absolute atomic E-state index is 13.2. The summed E-state index contributed by atoms with van der Waals surface area (Å²) in [6.07, 6.45) is 3.73. The van der Waals surface area contributed by atoms with E-state index >= 15 is 0 Å². The first kappa shape index (κ1) is 14.5. The lowest BCUT2D eigenvalue weighted by Gasteiger charge is -2.16. The van der Waals surface area contributed by atoms with E-state index in [2.05, 4.69) is 10.6 Å². The summed E-state index contributed by atoms with van der Waals surface area (Å²) in [7, 11) is 0. The van der Waals surface area contributed by atoms with Crippen LogP contribution >= 0.6 is 0 Å². The maximum atomic E-state index is 13.2. The SMILES string of the molecule is O=C(O)c1ccc(F)cc1NC(=O)C1CCCCCN1. The molecule has 20 heavy (non-hydrogen) atoms. The number of carbonyl (C=O) groups is 2. The standard InChI is InChI=1S/C14H17FN2O3/c15-9-5-6-10(14(19)20)12(8-9)17-13(18)11-4-2-1-3-7-16-11/h5-6,8,11,16H,1-4,7H2,(H,17,18)(H,19,20). The fourth-order valence-corrected chi connectivity index (χ4v) is 2.28. The largest absolute Gasteiger partial charge is 0.478 e. The van der Waals surface area contributed by atoms with E-state index in [1.165, 1.54) is 0 Å². The van der Waals surface area contributed by atoms with Crippen molar-refractivity contribution in [1.82, 2.24) is 5.32 Å². The van der Waals surface area contributed by atoms with Crippen molar-refractivity contribution in [3.05, 3.63) is 29.6 Å². The van der Waals surface area contributed by atoms with Crippen LogP contribution in [0.1, 0.15) is 36.0 Å². The second-order valence-electron chi connectivity index (χ2n) is 4.84. The minimum atomic E-state index is -1.20. The normalized spacial score (nSPS) is 19.1. The minimum absolute atomic E-state index is 0.00598. The zero-order chi connectivity index (χ0) is 14.5. The molecule has 1 fully saturated rings. The molecule has 1 unspecified atom stereocenters. The van der Waals surface area contributed by atoms with E-state index in [1.807, 2.05) is 0 Å². The molecule has 1 saturated heterocycles. The second kappa shape index (κ2) is 6.47. The topological polar surface area (TPSA) is 78.4 Å². The van der Waals surface area contributed by atoms with Crippen LogP contribution in [-0.2, 0) is 4.79 Å². The van der Waals surface area contributed by atoms with Gasteiger partial charge in [-0.1, -0.05) is 12.8 Å². The van der Waals surface area contributed by atoms with Crippen molar-refractivity contribution in [1.29, 1.82) is 0 Å². The number of hydrogen-bond acceptors (Lipinski definition) is 3. The van der Waals surface area contributed by atoms with Crippen LogP contribution in [0.4, 0.5) is 10.1 Å². The Bertz CT molecular complexity index is 511. The molecule has 1 aromatic carbocycles. The number of carbonyl (C=O) groups excluding carboxylic acids is 1. The molecule has 6 heteroatoms. The number of nitrogens with one attached hydrogen (secondary N) is 2. The summed E-state index contributed by atoms with van der Waals surface area (Å²) in [5, 5.41) is 14.7. The summed E-state index contributed by atoms with van der Waals surface area (Å²) >= 11 is 0. The first-order chi connectivity index (χ1) is 9.58. The van der Waals surface area contributed by atoms with Crippen molar-refractivity contribution < 1.29 is 19.1 Å². The molecule has 1 atom stereocenters. The average molecular weight is 280 g/mol. The first-order valence-corrected chi connectivity index (χ1v) is 6.65. The summed E-state index contributed by atoms with van der Waals surface area (Å²) < 4.78 is 13.2. The van der Waals surface area contributed by atoms with Crippen molar-refractivity contribution in [2.45, 2.75) is 31.7 Å². The van der Waals surface area contributed by atoms with Crippen LogP contribution < -0.4 is 10.6 Å². The molecule has 108 valence electrons. The lowest BCUT2D eigenvalue weighted by molar-refractivity contribution is -0.118. The summed E-state index contributed by atoms with van der Waals surface area (Å²) in [6.45, 7) is 0.757. The number of rotatable bonds is 3. The van der Waals surface area contributed by atoms with Gasteiger partial charge < -0.3 is 15.7 Å². The number of halogens is 1. The number of anilines is 1. The highest BCUT2D eigenvalue weighted by atomic mass is 19.1. The number of hydrogen-bond donors (Lipinski definition) is 3. The number of carboxylic acids is 1. The molecule has 0 aromatic heterocycles. The Kier molecular flexibility index (Phi) is 4.68. The van der Waals surface area contributed by atoms with Gasteiger partial charge >= 0.3 is 5.97 Å². The van der Waals surface area contributed by atoms with Crippen molar-refractivity contribution in [3.8, 4) is 0 Å². The second-order valence-corrected chi connectivity index (χ2v) is 4.84. The summed E-state index contributed by atoms with van der Waals surface area (Å²) in [4.78, 5) is 23.2. The van der Waals surface area contributed by atoms with Gasteiger partial charge in [-0.3, -0.25) is 4.79 Å². The molecule has 0 radical (unpaired) electrons. The predicted molar refractivity (Wildman–Crippen MR) is 72.2 cm³/mol. The van der Waals surface area contributed by atoms with Crippen molar-refractivity contribution in [2.24, 2.45) is 0 Å². The van der Waals surface area contributed by atoms with E-state index in [1.54, 1.807) is 0 Å². The van der Waals surface area contributed by atoms with Gasteiger partial charge in [-0.15, -0.1) is 0 Å². The van der Waals surface area contributed by atoms with Crippen LogP contribution in [0.3, 0.4) is 0 Å². The number of aromatic carboxylic acids is 1. The van der Waals surface area contributed by atoms with E-state index < -0.39 is 11.8 Å². The predicted octanol–water partition coefficient (Wildman–Crippen LogP) is 1.99.